The van der Waals surface area contributed by atoms with Gasteiger partial charge in [-0.25, -0.2) is 0 Å². The first-order valence-corrected chi connectivity index (χ1v) is 8.29. The van der Waals surface area contributed by atoms with E-state index in [2.05, 4.69) is 17.1 Å². The number of rotatable bonds is 2. The van der Waals surface area contributed by atoms with Gasteiger partial charge in [-0.2, -0.15) is 0 Å². The molecule has 2 aliphatic heterocycles. The van der Waals surface area contributed by atoms with Crippen molar-refractivity contribution in [3.8, 4) is 0 Å². The van der Waals surface area contributed by atoms with Crippen molar-refractivity contribution in [1.29, 1.82) is 0 Å². The van der Waals surface area contributed by atoms with Crippen LogP contribution in [0, 0.1) is 11.3 Å². The molecule has 2 unspecified atom stereocenters. The summed E-state index contributed by atoms with van der Waals surface area (Å²) in [6, 6.07) is 0.583. The second kappa shape index (κ2) is 5.43. The lowest BCUT2D eigenvalue weighted by atomic mass is 9.74. The molecule has 0 radical (unpaired) electrons. The van der Waals surface area contributed by atoms with Crippen LogP contribution in [0.5, 0.6) is 0 Å². The summed E-state index contributed by atoms with van der Waals surface area (Å²) < 4.78 is 0. The van der Waals surface area contributed by atoms with E-state index in [4.69, 9.17) is 0 Å². The lowest BCUT2D eigenvalue weighted by Gasteiger charge is -2.45. The highest BCUT2D eigenvalue weighted by atomic mass is 16.2. The van der Waals surface area contributed by atoms with Crippen LogP contribution in [0.3, 0.4) is 0 Å². The molecule has 3 rings (SSSR count). The molecule has 1 saturated carbocycles. The molecule has 0 aromatic rings. The third-order valence-corrected chi connectivity index (χ3v) is 5.95. The fourth-order valence-electron chi connectivity index (χ4n) is 4.63. The van der Waals surface area contributed by atoms with Crippen molar-refractivity contribution in [2.75, 3.05) is 19.6 Å². The third kappa shape index (κ3) is 2.31. The number of hydrogen-bond donors (Lipinski definition) is 1. The van der Waals surface area contributed by atoms with Crippen molar-refractivity contribution in [2.45, 2.75) is 64.3 Å². The minimum atomic E-state index is -0.0459. The molecule has 0 spiro atoms. The van der Waals surface area contributed by atoms with E-state index in [0.717, 1.165) is 44.8 Å². The van der Waals surface area contributed by atoms with E-state index in [-0.39, 0.29) is 5.41 Å². The van der Waals surface area contributed by atoms with Crippen LogP contribution < -0.4 is 5.32 Å². The number of nitrogens with one attached hydrogen (secondary N) is 1. The zero-order valence-electron chi connectivity index (χ0n) is 12.3. The quantitative estimate of drug-likeness (QED) is 0.831. The lowest BCUT2D eigenvalue weighted by molar-refractivity contribution is -0.149. The largest absolute Gasteiger partial charge is 0.339 e. The van der Waals surface area contributed by atoms with Crippen LogP contribution in [-0.4, -0.2) is 36.5 Å². The van der Waals surface area contributed by atoms with Crippen LogP contribution in [0.1, 0.15) is 58.3 Å². The van der Waals surface area contributed by atoms with E-state index in [1.165, 1.54) is 32.1 Å². The zero-order valence-corrected chi connectivity index (χ0v) is 12.3. The Hall–Kier alpha value is -0.570. The molecule has 3 heteroatoms. The second-order valence-corrected chi connectivity index (χ2v) is 6.78. The topological polar surface area (TPSA) is 32.3 Å². The van der Waals surface area contributed by atoms with E-state index in [1.807, 2.05) is 0 Å². The normalized spacial score (nSPS) is 34.1. The first-order valence-electron chi connectivity index (χ1n) is 8.29. The summed E-state index contributed by atoms with van der Waals surface area (Å²) in [6.45, 7) is 5.26. The Morgan fingerprint density at radius 1 is 1.21 bits per heavy atom. The summed E-state index contributed by atoms with van der Waals surface area (Å²) in [6.07, 6.45) is 9.62. The van der Waals surface area contributed by atoms with Gasteiger partial charge in [0.25, 0.3) is 0 Å². The van der Waals surface area contributed by atoms with Gasteiger partial charge in [0.05, 0.1) is 5.41 Å². The van der Waals surface area contributed by atoms with E-state index < -0.39 is 0 Å². The van der Waals surface area contributed by atoms with Gasteiger partial charge >= 0.3 is 0 Å². The number of hydrogen-bond acceptors (Lipinski definition) is 2. The summed E-state index contributed by atoms with van der Waals surface area (Å²) in [7, 11) is 0. The van der Waals surface area contributed by atoms with Gasteiger partial charge in [-0.1, -0.05) is 13.3 Å². The van der Waals surface area contributed by atoms with Gasteiger partial charge in [-0.05, 0) is 64.0 Å². The van der Waals surface area contributed by atoms with Crippen LogP contribution in [0.2, 0.25) is 0 Å². The molecule has 2 atom stereocenters. The fourth-order valence-corrected chi connectivity index (χ4v) is 4.63. The summed E-state index contributed by atoms with van der Waals surface area (Å²) >= 11 is 0. The Labute approximate surface area is 117 Å². The molecular formula is C16H28N2O. The summed E-state index contributed by atoms with van der Waals surface area (Å²) in [5.41, 5.74) is -0.0459. The third-order valence-electron chi connectivity index (χ3n) is 5.95. The van der Waals surface area contributed by atoms with E-state index in [0.29, 0.717) is 11.9 Å². The van der Waals surface area contributed by atoms with Crippen LogP contribution in [0.4, 0.5) is 0 Å². The Balaban J connectivity index is 1.77. The molecule has 3 aliphatic rings. The zero-order chi connectivity index (χ0) is 13.3. The maximum atomic E-state index is 13.1. The molecule has 3 fully saturated rings. The van der Waals surface area contributed by atoms with Gasteiger partial charge in [-0.15, -0.1) is 0 Å². The molecule has 2 heterocycles. The number of piperidine rings is 2. The molecule has 19 heavy (non-hydrogen) atoms. The average Bonchev–Trinajstić information content (AvgIpc) is 2.95. The van der Waals surface area contributed by atoms with Crippen LogP contribution in [-0.2, 0) is 4.79 Å². The van der Waals surface area contributed by atoms with Gasteiger partial charge in [0.1, 0.15) is 0 Å². The van der Waals surface area contributed by atoms with E-state index in [9.17, 15) is 4.79 Å². The maximum Gasteiger partial charge on any atom is 0.229 e. The SMILES string of the molecule is CCC1(C(=O)N2CCCC3CCCC32)CCNCC1. The Morgan fingerprint density at radius 2 is 1.95 bits per heavy atom. The van der Waals surface area contributed by atoms with Crippen molar-refractivity contribution in [2.24, 2.45) is 11.3 Å². The smallest absolute Gasteiger partial charge is 0.229 e. The average molecular weight is 264 g/mol. The van der Waals surface area contributed by atoms with Crippen molar-refractivity contribution < 1.29 is 4.79 Å². The number of likely N-dealkylation sites (tertiary alicyclic amines) is 1. The first-order chi connectivity index (χ1) is 9.27. The van der Waals surface area contributed by atoms with E-state index in [1.54, 1.807) is 0 Å². The van der Waals surface area contributed by atoms with Crippen LogP contribution >= 0.6 is 0 Å². The summed E-state index contributed by atoms with van der Waals surface area (Å²) in [5.74, 6) is 1.31. The fraction of sp³-hybridized carbons (Fsp3) is 0.938. The predicted octanol–water partition coefficient (Wildman–Crippen LogP) is 2.56. The molecular weight excluding hydrogens is 236 g/mol. The van der Waals surface area contributed by atoms with Crippen molar-refractivity contribution >= 4 is 5.91 Å². The molecule has 1 amide bonds. The van der Waals surface area contributed by atoms with Crippen molar-refractivity contribution in [3.05, 3.63) is 0 Å². The minimum absolute atomic E-state index is 0.0459. The number of carbonyl (C=O) groups is 1. The number of fused-ring (bicyclic) bond motifs is 1. The number of carbonyl (C=O) groups excluding carboxylic acids is 1. The monoisotopic (exact) mass is 264 g/mol. The highest BCUT2D eigenvalue weighted by Gasteiger charge is 2.45. The summed E-state index contributed by atoms with van der Waals surface area (Å²) in [5, 5.41) is 3.41. The number of nitrogens with zero attached hydrogens (tertiary/aromatic N) is 1. The van der Waals surface area contributed by atoms with Gasteiger partial charge in [-0.3, -0.25) is 4.79 Å². The van der Waals surface area contributed by atoms with Crippen LogP contribution in [0.15, 0.2) is 0 Å². The molecule has 0 aromatic heterocycles. The van der Waals surface area contributed by atoms with Gasteiger partial charge in [0.2, 0.25) is 5.91 Å². The highest BCUT2D eigenvalue weighted by molar-refractivity contribution is 5.83. The molecule has 2 saturated heterocycles. The van der Waals surface area contributed by atoms with Gasteiger partial charge in [0, 0.05) is 12.6 Å². The van der Waals surface area contributed by atoms with Gasteiger partial charge in [0.15, 0.2) is 0 Å². The van der Waals surface area contributed by atoms with Gasteiger partial charge < -0.3 is 10.2 Å². The molecule has 1 N–H and O–H groups in total. The minimum Gasteiger partial charge on any atom is -0.339 e. The molecule has 1 aliphatic carbocycles. The summed E-state index contributed by atoms with van der Waals surface area (Å²) in [4.78, 5) is 15.4. The molecule has 3 nitrogen and oxygen atoms in total. The second-order valence-electron chi connectivity index (χ2n) is 6.78. The maximum absolute atomic E-state index is 13.1. The standard InChI is InChI=1S/C16H28N2O/c1-2-16(8-10-17-11-9-16)15(19)18-12-4-6-13-5-3-7-14(13)18/h13-14,17H,2-12H2,1H3. The van der Waals surface area contributed by atoms with E-state index >= 15 is 0 Å². The Kier molecular flexibility index (Phi) is 3.84. The predicted molar refractivity (Wildman–Crippen MR) is 76.9 cm³/mol. The van der Waals surface area contributed by atoms with Crippen LogP contribution in [0.25, 0.3) is 0 Å². The Bertz CT molecular complexity index is 336. The first kappa shape index (κ1) is 13.4. The number of amides is 1. The highest BCUT2D eigenvalue weighted by Crippen LogP contribution is 2.41. The molecule has 0 aromatic carbocycles. The lowest BCUT2D eigenvalue weighted by Crippen LogP contribution is -2.54. The molecule has 0 bridgehead atoms. The Morgan fingerprint density at radius 3 is 2.68 bits per heavy atom. The van der Waals surface area contributed by atoms with Crippen molar-refractivity contribution in [3.63, 3.8) is 0 Å². The van der Waals surface area contributed by atoms with Crippen molar-refractivity contribution in [1.82, 2.24) is 10.2 Å². The molecule has 108 valence electrons.